The molecule has 0 amide bonds. The number of aromatic amines is 1. The number of esters is 1. The third kappa shape index (κ3) is 2.93. The second-order valence-corrected chi connectivity index (χ2v) is 3.99. The van der Waals surface area contributed by atoms with E-state index in [0.717, 1.165) is 7.11 Å². The standard InChI is InChI=1S/C13H9F3N2O3/c1-21-12(20)8-9(13(14,15)16)17-10(18-11(8)19)7-5-3-2-4-6-7/h2-6H,1H3,(H,17,18,19). The molecule has 0 saturated carbocycles. The Hall–Kier alpha value is -2.64. The highest BCUT2D eigenvalue weighted by atomic mass is 19.4. The molecule has 21 heavy (non-hydrogen) atoms. The number of H-pyrrole nitrogens is 1. The third-order valence-corrected chi connectivity index (χ3v) is 2.62. The van der Waals surface area contributed by atoms with Crippen molar-refractivity contribution in [1.82, 2.24) is 9.97 Å². The van der Waals surface area contributed by atoms with E-state index in [9.17, 15) is 22.8 Å². The summed E-state index contributed by atoms with van der Waals surface area (Å²) in [6.45, 7) is 0. The van der Waals surface area contributed by atoms with Crippen molar-refractivity contribution in [2.45, 2.75) is 6.18 Å². The molecule has 0 aliphatic rings. The molecule has 1 aromatic heterocycles. The van der Waals surface area contributed by atoms with Crippen molar-refractivity contribution in [3.05, 3.63) is 51.9 Å². The number of hydrogen-bond donors (Lipinski definition) is 1. The van der Waals surface area contributed by atoms with Gasteiger partial charge in [-0.15, -0.1) is 0 Å². The summed E-state index contributed by atoms with van der Waals surface area (Å²) in [6, 6.07) is 7.79. The summed E-state index contributed by atoms with van der Waals surface area (Å²) in [7, 11) is 0.882. The topological polar surface area (TPSA) is 72.0 Å². The smallest absolute Gasteiger partial charge is 0.434 e. The summed E-state index contributed by atoms with van der Waals surface area (Å²) < 4.78 is 43.2. The summed E-state index contributed by atoms with van der Waals surface area (Å²) in [5, 5.41) is 0. The van der Waals surface area contributed by atoms with Crippen LogP contribution in [0.2, 0.25) is 0 Å². The fraction of sp³-hybridized carbons (Fsp3) is 0.154. The first kappa shape index (κ1) is 14.8. The lowest BCUT2D eigenvalue weighted by Crippen LogP contribution is -2.28. The first-order chi connectivity index (χ1) is 9.84. The predicted octanol–water partition coefficient (Wildman–Crippen LogP) is 2.24. The maximum Gasteiger partial charge on any atom is 0.434 e. The highest BCUT2D eigenvalue weighted by molar-refractivity contribution is 5.90. The number of hydrogen-bond acceptors (Lipinski definition) is 4. The molecule has 110 valence electrons. The van der Waals surface area contributed by atoms with Gasteiger partial charge in [-0.3, -0.25) is 4.79 Å². The first-order valence-electron chi connectivity index (χ1n) is 5.70. The van der Waals surface area contributed by atoms with Crippen molar-refractivity contribution in [1.29, 1.82) is 0 Å². The molecule has 0 spiro atoms. The second-order valence-electron chi connectivity index (χ2n) is 3.99. The molecule has 0 atom stereocenters. The molecule has 1 N–H and O–H groups in total. The van der Waals surface area contributed by atoms with Gasteiger partial charge in [0.2, 0.25) is 0 Å². The van der Waals surface area contributed by atoms with E-state index in [1.54, 1.807) is 18.2 Å². The van der Waals surface area contributed by atoms with Gasteiger partial charge in [-0.05, 0) is 0 Å². The van der Waals surface area contributed by atoms with E-state index in [-0.39, 0.29) is 11.4 Å². The van der Waals surface area contributed by atoms with Crippen molar-refractivity contribution in [3.8, 4) is 11.4 Å². The van der Waals surface area contributed by atoms with E-state index >= 15 is 0 Å². The van der Waals surface area contributed by atoms with Crippen LogP contribution in [0.5, 0.6) is 0 Å². The van der Waals surface area contributed by atoms with Gasteiger partial charge in [0.1, 0.15) is 5.82 Å². The fourth-order valence-electron chi connectivity index (χ4n) is 1.70. The molecular formula is C13H9F3N2O3. The largest absolute Gasteiger partial charge is 0.465 e. The van der Waals surface area contributed by atoms with E-state index in [0.29, 0.717) is 0 Å². The lowest BCUT2D eigenvalue weighted by Gasteiger charge is -2.11. The number of nitrogens with one attached hydrogen (secondary N) is 1. The van der Waals surface area contributed by atoms with Gasteiger partial charge in [0.05, 0.1) is 7.11 Å². The Morgan fingerprint density at radius 1 is 1.24 bits per heavy atom. The lowest BCUT2D eigenvalue weighted by molar-refractivity contribution is -0.141. The van der Waals surface area contributed by atoms with Gasteiger partial charge in [0, 0.05) is 5.56 Å². The Morgan fingerprint density at radius 3 is 2.38 bits per heavy atom. The Balaban J connectivity index is 2.73. The fourth-order valence-corrected chi connectivity index (χ4v) is 1.70. The molecule has 0 fully saturated rings. The van der Waals surface area contributed by atoms with Crippen LogP contribution < -0.4 is 5.56 Å². The van der Waals surface area contributed by atoms with Crippen LogP contribution in [0.3, 0.4) is 0 Å². The molecule has 1 aromatic carbocycles. The van der Waals surface area contributed by atoms with E-state index < -0.39 is 29.0 Å². The number of carbonyl (C=O) groups excluding carboxylic acids is 1. The van der Waals surface area contributed by atoms with Crippen molar-refractivity contribution >= 4 is 5.97 Å². The number of halogens is 3. The van der Waals surface area contributed by atoms with Crippen LogP contribution in [0.1, 0.15) is 16.1 Å². The minimum absolute atomic E-state index is 0.277. The minimum atomic E-state index is -4.96. The molecule has 5 nitrogen and oxygen atoms in total. The normalized spacial score (nSPS) is 11.2. The third-order valence-electron chi connectivity index (χ3n) is 2.62. The van der Waals surface area contributed by atoms with Gasteiger partial charge in [-0.2, -0.15) is 13.2 Å². The predicted molar refractivity (Wildman–Crippen MR) is 66.6 cm³/mol. The number of alkyl halides is 3. The summed E-state index contributed by atoms with van der Waals surface area (Å²) in [4.78, 5) is 28.7. The highest BCUT2D eigenvalue weighted by Gasteiger charge is 2.40. The maximum atomic E-state index is 13.0. The number of rotatable bonds is 2. The van der Waals surface area contributed by atoms with Crippen LogP contribution in [0.4, 0.5) is 13.2 Å². The molecule has 0 bridgehead atoms. The SMILES string of the molecule is COC(=O)c1c(C(F)(F)F)nc(-c2ccccc2)[nH]c1=O. The number of ether oxygens (including phenoxy) is 1. The Labute approximate surface area is 116 Å². The van der Waals surface area contributed by atoms with Gasteiger partial charge in [0.25, 0.3) is 5.56 Å². The van der Waals surface area contributed by atoms with Crippen molar-refractivity contribution in [3.63, 3.8) is 0 Å². The van der Waals surface area contributed by atoms with Crippen LogP contribution in [0.15, 0.2) is 35.1 Å². The monoisotopic (exact) mass is 298 g/mol. The molecular weight excluding hydrogens is 289 g/mol. The van der Waals surface area contributed by atoms with Gasteiger partial charge in [-0.25, -0.2) is 9.78 Å². The van der Waals surface area contributed by atoms with Gasteiger partial charge < -0.3 is 9.72 Å². The maximum absolute atomic E-state index is 13.0. The van der Waals surface area contributed by atoms with Crippen LogP contribution in [0, 0.1) is 0 Å². The molecule has 0 aliphatic carbocycles. The molecule has 2 aromatic rings. The van der Waals surface area contributed by atoms with Crippen molar-refractivity contribution < 1.29 is 22.7 Å². The van der Waals surface area contributed by atoms with Crippen LogP contribution in [-0.4, -0.2) is 23.0 Å². The molecule has 0 aliphatic heterocycles. The number of methoxy groups -OCH3 is 1. The molecule has 0 saturated heterocycles. The zero-order chi connectivity index (χ0) is 15.6. The molecule has 0 radical (unpaired) electrons. The average Bonchev–Trinajstić information content (AvgIpc) is 2.45. The van der Waals surface area contributed by atoms with E-state index in [4.69, 9.17) is 0 Å². The quantitative estimate of drug-likeness (QED) is 0.863. The number of benzene rings is 1. The zero-order valence-electron chi connectivity index (χ0n) is 10.7. The number of carbonyl (C=O) groups is 1. The Bertz CT molecular complexity index is 724. The Kier molecular flexibility index (Phi) is 3.79. The number of aromatic nitrogens is 2. The van der Waals surface area contributed by atoms with Gasteiger partial charge in [-0.1, -0.05) is 30.3 Å². The molecule has 8 heteroatoms. The molecule has 1 heterocycles. The lowest BCUT2D eigenvalue weighted by atomic mass is 10.1. The highest BCUT2D eigenvalue weighted by Crippen LogP contribution is 2.30. The first-order valence-corrected chi connectivity index (χ1v) is 5.70. The molecule has 0 unspecified atom stereocenters. The van der Waals surface area contributed by atoms with Crippen LogP contribution >= 0.6 is 0 Å². The summed E-state index contributed by atoms with van der Waals surface area (Å²) in [5.41, 5.74) is -3.65. The summed E-state index contributed by atoms with van der Waals surface area (Å²) >= 11 is 0. The van der Waals surface area contributed by atoms with Gasteiger partial charge >= 0.3 is 12.1 Å². The molecule has 2 rings (SSSR count). The zero-order valence-corrected chi connectivity index (χ0v) is 10.7. The van der Waals surface area contributed by atoms with Crippen molar-refractivity contribution in [2.24, 2.45) is 0 Å². The van der Waals surface area contributed by atoms with E-state index in [1.165, 1.54) is 12.1 Å². The average molecular weight is 298 g/mol. The van der Waals surface area contributed by atoms with Crippen LogP contribution in [-0.2, 0) is 10.9 Å². The summed E-state index contributed by atoms with van der Waals surface area (Å²) in [6.07, 6.45) is -4.96. The van der Waals surface area contributed by atoms with Crippen LogP contribution in [0.25, 0.3) is 11.4 Å². The van der Waals surface area contributed by atoms with Gasteiger partial charge in [0.15, 0.2) is 11.3 Å². The van der Waals surface area contributed by atoms with E-state index in [1.807, 2.05) is 0 Å². The number of nitrogens with zero attached hydrogens (tertiary/aromatic N) is 1. The summed E-state index contributed by atoms with van der Waals surface area (Å²) in [5.74, 6) is -1.67. The van der Waals surface area contributed by atoms with E-state index in [2.05, 4.69) is 14.7 Å². The Morgan fingerprint density at radius 2 is 1.86 bits per heavy atom. The minimum Gasteiger partial charge on any atom is -0.465 e. The second kappa shape index (κ2) is 5.39. The van der Waals surface area contributed by atoms with Crippen molar-refractivity contribution in [2.75, 3.05) is 7.11 Å².